The zero-order valence-electron chi connectivity index (χ0n) is 36.3. The highest BCUT2D eigenvalue weighted by Gasteiger charge is 2.25. The fraction of sp³-hybridized carbons (Fsp3) is 0. The van der Waals surface area contributed by atoms with Crippen LogP contribution in [0.15, 0.2) is 267 Å². The SMILES string of the molecule is c1ccc(-c2ccc(N(c3ccc(-c4ccccc4)cc3)c3ccc(-c4ccc(-c5c(-c6ccccc6)n(-c6ccccc6)c6c7ccccc7c7ccccc7c56)cc4)cc3)cc2)cc1. The van der Waals surface area contributed by atoms with Gasteiger partial charge in [-0.25, -0.2) is 0 Å². The first-order chi connectivity index (χ1) is 32.8. The minimum atomic E-state index is 1.09. The minimum absolute atomic E-state index is 1.09. The lowest BCUT2D eigenvalue weighted by Crippen LogP contribution is -2.09. The predicted molar refractivity (Wildman–Crippen MR) is 280 cm³/mol. The number of aromatic nitrogens is 1. The Morgan fingerprint density at radius 3 is 1.02 bits per heavy atom. The van der Waals surface area contributed by atoms with Gasteiger partial charge in [0.05, 0.1) is 11.2 Å². The standard InChI is InChI=1S/C64H44N2/c1-5-17-45(18-6-1)48-33-39-54(40-34-48)65(55-41-35-49(36-42-55)46-19-7-2-8-20-46)56-43-37-50(38-44-56)47-29-31-51(32-30-47)61-62-59-27-15-13-25-57(59)58-26-14-16-28-60(58)64(62)66(53-23-11-4-12-24-53)63(61)52-21-9-3-10-22-52/h1-44H. The number of hydrogen-bond donors (Lipinski definition) is 0. The molecule has 12 aromatic rings. The van der Waals surface area contributed by atoms with Crippen molar-refractivity contribution in [3.05, 3.63) is 267 Å². The van der Waals surface area contributed by atoms with Crippen molar-refractivity contribution in [1.82, 2.24) is 4.57 Å². The Balaban J connectivity index is 0.970. The summed E-state index contributed by atoms with van der Waals surface area (Å²) in [4.78, 5) is 2.35. The first kappa shape index (κ1) is 38.9. The summed E-state index contributed by atoms with van der Waals surface area (Å²) in [6.07, 6.45) is 0. The number of benzene rings is 11. The van der Waals surface area contributed by atoms with Gasteiger partial charge in [0, 0.05) is 39.1 Å². The van der Waals surface area contributed by atoms with Gasteiger partial charge in [-0.2, -0.15) is 0 Å². The summed E-state index contributed by atoms with van der Waals surface area (Å²) in [6.45, 7) is 0. The molecule has 0 fully saturated rings. The molecule has 310 valence electrons. The van der Waals surface area contributed by atoms with Gasteiger partial charge in [0.15, 0.2) is 0 Å². The zero-order chi connectivity index (χ0) is 43.8. The van der Waals surface area contributed by atoms with E-state index >= 15 is 0 Å². The molecular weight excluding hydrogens is 797 g/mol. The van der Waals surface area contributed by atoms with Crippen LogP contribution in [-0.2, 0) is 0 Å². The molecule has 1 aromatic heterocycles. The number of nitrogens with zero attached hydrogens (tertiary/aromatic N) is 2. The summed E-state index contributed by atoms with van der Waals surface area (Å²) in [5, 5.41) is 6.27. The summed E-state index contributed by atoms with van der Waals surface area (Å²) in [5.74, 6) is 0. The largest absolute Gasteiger partial charge is 0.311 e. The number of fused-ring (bicyclic) bond motifs is 6. The van der Waals surface area contributed by atoms with Crippen molar-refractivity contribution in [3.8, 4) is 61.5 Å². The van der Waals surface area contributed by atoms with Gasteiger partial charge in [-0.05, 0) is 109 Å². The number of anilines is 3. The van der Waals surface area contributed by atoms with Gasteiger partial charge >= 0.3 is 0 Å². The molecule has 0 radical (unpaired) electrons. The van der Waals surface area contributed by atoms with E-state index in [1.54, 1.807) is 0 Å². The van der Waals surface area contributed by atoms with Crippen LogP contribution < -0.4 is 4.90 Å². The average Bonchev–Trinajstić information content (AvgIpc) is 3.77. The molecule has 0 atom stereocenters. The van der Waals surface area contributed by atoms with Crippen molar-refractivity contribution in [2.24, 2.45) is 0 Å². The molecule has 0 aliphatic rings. The highest BCUT2D eigenvalue weighted by atomic mass is 15.1. The molecule has 0 unspecified atom stereocenters. The summed E-state index contributed by atoms with van der Waals surface area (Å²) >= 11 is 0. The molecule has 0 aliphatic heterocycles. The Bertz CT molecular complexity index is 3530. The lowest BCUT2D eigenvalue weighted by Gasteiger charge is -2.26. The van der Waals surface area contributed by atoms with Crippen LogP contribution in [0.2, 0.25) is 0 Å². The van der Waals surface area contributed by atoms with Crippen LogP contribution in [-0.4, -0.2) is 4.57 Å². The molecule has 0 aliphatic carbocycles. The first-order valence-corrected chi connectivity index (χ1v) is 22.7. The second-order valence-electron chi connectivity index (χ2n) is 16.9. The third-order valence-electron chi connectivity index (χ3n) is 13.0. The van der Waals surface area contributed by atoms with E-state index in [1.807, 2.05) is 0 Å². The quantitative estimate of drug-likeness (QED) is 0.131. The summed E-state index contributed by atoms with van der Waals surface area (Å²) in [6, 6.07) is 96.7. The Morgan fingerprint density at radius 2 is 0.561 bits per heavy atom. The van der Waals surface area contributed by atoms with Crippen LogP contribution in [0.3, 0.4) is 0 Å². The molecule has 2 heteroatoms. The number of para-hydroxylation sites is 1. The van der Waals surface area contributed by atoms with Crippen LogP contribution in [0.1, 0.15) is 0 Å². The molecule has 0 saturated heterocycles. The summed E-state index contributed by atoms with van der Waals surface area (Å²) in [5.41, 5.74) is 17.6. The second kappa shape index (κ2) is 16.8. The Morgan fingerprint density at radius 1 is 0.242 bits per heavy atom. The van der Waals surface area contributed by atoms with Gasteiger partial charge in [-0.15, -0.1) is 0 Å². The van der Waals surface area contributed by atoms with E-state index in [0.717, 1.165) is 28.3 Å². The van der Waals surface area contributed by atoms with E-state index in [0.29, 0.717) is 0 Å². The van der Waals surface area contributed by atoms with E-state index in [1.165, 1.54) is 82.6 Å². The maximum Gasteiger partial charge on any atom is 0.0626 e. The van der Waals surface area contributed by atoms with Crippen LogP contribution in [0, 0.1) is 0 Å². The fourth-order valence-corrected chi connectivity index (χ4v) is 9.88. The Hall–Kier alpha value is -8.72. The first-order valence-electron chi connectivity index (χ1n) is 22.7. The molecule has 0 saturated carbocycles. The summed E-state index contributed by atoms with van der Waals surface area (Å²) < 4.78 is 2.50. The van der Waals surface area contributed by atoms with Crippen molar-refractivity contribution in [3.63, 3.8) is 0 Å². The number of rotatable bonds is 9. The van der Waals surface area contributed by atoms with Crippen LogP contribution >= 0.6 is 0 Å². The molecule has 66 heavy (non-hydrogen) atoms. The van der Waals surface area contributed by atoms with Gasteiger partial charge in [-0.3, -0.25) is 0 Å². The molecule has 2 nitrogen and oxygen atoms in total. The summed E-state index contributed by atoms with van der Waals surface area (Å²) in [7, 11) is 0. The van der Waals surface area contributed by atoms with Crippen molar-refractivity contribution >= 4 is 49.5 Å². The highest BCUT2D eigenvalue weighted by molar-refractivity contribution is 6.30. The Kier molecular flexibility index (Phi) is 9.89. The normalized spacial score (nSPS) is 11.3. The number of hydrogen-bond acceptors (Lipinski definition) is 1. The molecule has 0 N–H and O–H groups in total. The average molecular weight is 841 g/mol. The molecule has 12 rings (SSSR count). The van der Waals surface area contributed by atoms with Crippen molar-refractivity contribution < 1.29 is 0 Å². The monoisotopic (exact) mass is 840 g/mol. The van der Waals surface area contributed by atoms with Gasteiger partial charge < -0.3 is 9.47 Å². The van der Waals surface area contributed by atoms with E-state index < -0.39 is 0 Å². The van der Waals surface area contributed by atoms with E-state index in [4.69, 9.17) is 0 Å². The van der Waals surface area contributed by atoms with Crippen LogP contribution in [0.5, 0.6) is 0 Å². The molecular formula is C64H44N2. The van der Waals surface area contributed by atoms with Crippen LogP contribution in [0.25, 0.3) is 93.9 Å². The van der Waals surface area contributed by atoms with Gasteiger partial charge in [0.1, 0.15) is 0 Å². The highest BCUT2D eigenvalue weighted by Crippen LogP contribution is 2.49. The second-order valence-corrected chi connectivity index (χ2v) is 16.9. The fourth-order valence-electron chi connectivity index (χ4n) is 9.88. The maximum absolute atomic E-state index is 2.50. The van der Waals surface area contributed by atoms with Crippen molar-refractivity contribution in [2.75, 3.05) is 4.90 Å². The van der Waals surface area contributed by atoms with E-state index in [9.17, 15) is 0 Å². The molecule has 1 heterocycles. The molecule has 0 bridgehead atoms. The predicted octanol–water partition coefficient (Wildman–Crippen LogP) is 17.7. The smallest absolute Gasteiger partial charge is 0.0626 e. The zero-order valence-corrected chi connectivity index (χ0v) is 36.3. The topological polar surface area (TPSA) is 8.17 Å². The molecule has 0 amide bonds. The third-order valence-corrected chi connectivity index (χ3v) is 13.0. The van der Waals surface area contributed by atoms with Crippen molar-refractivity contribution in [1.29, 1.82) is 0 Å². The molecule has 0 spiro atoms. The minimum Gasteiger partial charge on any atom is -0.311 e. The van der Waals surface area contributed by atoms with Gasteiger partial charge in [-0.1, -0.05) is 218 Å². The third kappa shape index (κ3) is 6.93. The van der Waals surface area contributed by atoms with Gasteiger partial charge in [0.25, 0.3) is 0 Å². The lowest BCUT2D eigenvalue weighted by atomic mass is 9.91. The maximum atomic E-state index is 2.50. The van der Waals surface area contributed by atoms with Gasteiger partial charge in [0.2, 0.25) is 0 Å². The van der Waals surface area contributed by atoms with Crippen molar-refractivity contribution in [2.45, 2.75) is 0 Å². The lowest BCUT2D eigenvalue weighted by molar-refractivity contribution is 1.14. The molecule has 11 aromatic carbocycles. The van der Waals surface area contributed by atoms with E-state index in [-0.39, 0.29) is 0 Å². The van der Waals surface area contributed by atoms with Crippen LogP contribution in [0.4, 0.5) is 17.1 Å². The Labute approximate surface area is 385 Å². The van der Waals surface area contributed by atoms with E-state index in [2.05, 4.69) is 276 Å².